The highest BCUT2D eigenvalue weighted by molar-refractivity contribution is 5.91. The first-order valence-corrected chi connectivity index (χ1v) is 6.63. The van der Waals surface area contributed by atoms with Crippen LogP contribution in [0.15, 0.2) is 24.4 Å². The van der Waals surface area contributed by atoms with E-state index < -0.39 is 5.97 Å². The second-order valence-corrected chi connectivity index (χ2v) is 5.26. The second-order valence-electron chi connectivity index (χ2n) is 5.26. The third kappa shape index (κ3) is 2.27. The highest BCUT2D eigenvalue weighted by Crippen LogP contribution is 2.27. The Morgan fingerprint density at radius 3 is 2.43 bits per heavy atom. The minimum absolute atomic E-state index is 0.148. The molecule has 21 heavy (non-hydrogen) atoms. The average Bonchev–Trinajstić information content (AvgIpc) is 2.79. The number of carboxylic acid groups (broad SMARTS) is 1. The van der Waals surface area contributed by atoms with Crippen molar-refractivity contribution in [3.05, 3.63) is 46.6 Å². The number of nitrogens with zero attached hydrogens (tertiary/aromatic N) is 2. The van der Waals surface area contributed by atoms with Gasteiger partial charge in [0.15, 0.2) is 5.65 Å². The summed E-state index contributed by atoms with van der Waals surface area (Å²) in [6.45, 7) is 6.14. The van der Waals surface area contributed by atoms with Crippen LogP contribution in [0, 0.1) is 20.8 Å². The van der Waals surface area contributed by atoms with Gasteiger partial charge in [0.2, 0.25) is 0 Å². The first-order valence-electron chi connectivity index (χ1n) is 6.63. The van der Waals surface area contributed by atoms with Gasteiger partial charge in [0.25, 0.3) is 0 Å². The summed E-state index contributed by atoms with van der Waals surface area (Å²) in [4.78, 5) is 22.7. The largest absolute Gasteiger partial charge is 0.478 e. The number of hydrogen-bond acceptors (Lipinski definition) is 3. The fourth-order valence-corrected chi connectivity index (χ4v) is 2.69. The molecule has 0 saturated heterocycles. The Labute approximate surface area is 121 Å². The number of fused-ring (bicyclic) bond motifs is 1. The van der Waals surface area contributed by atoms with Crippen molar-refractivity contribution >= 4 is 17.1 Å². The molecular formula is C16H15N3O2. The molecule has 5 nitrogen and oxygen atoms in total. The van der Waals surface area contributed by atoms with E-state index in [9.17, 15) is 4.79 Å². The number of imidazole rings is 1. The molecule has 0 spiro atoms. The van der Waals surface area contributed by atoms with Crippen molar-refractivity contribution in [1.82, 2.24) is 15.0 Å². The molecule has 0 atom stereocenters. The number of carboxylic acids is 1. The molecule has 0 fully saturated rings. The van der Waals surface area contributed by atoms with Crippen molar-refractivity contribution < 1.29 is 9.90 Å². The van der Waals surface area contributed by atoms with Crippen LogP contribution in [-0.2, 0) is 0 Å². The van der Waals surface area contributed by atoms with E-state index in [2.05, 4.69) is 34.0 Å². The van der Waals surface area contributed by atoms with Gasteiger partial charge in [0.1, 0.15) is 5.82 Å². The van der Waals surface area contributed by atoms with Gasteiger partial charge in [-0.1, -0.05) is 17.7 Å². The summed E-state index contributed by atoms with van der Waals surface area (Å²) in [5, 5.41) is 9.01. The molecular weight excluding hydrogens is 266 g/mol. The van der Waals surface area contributed by atoms with E-state index in [1.54, 1.807) is 6.07 Å². The number of H-pyrrole nitrogens is 1. The van der Waals surface area contributed by atoms with Crippen molar-refractivity contribution in [2.45, 2.75) is 20.8 Å². The van der Waals surface area contributed by atoms with Gasteiger partial charge in [-0.15, -0.1) is 0 Å². The molecule has 5 heteroatoms. The molecule has 0 aliphatic rings. The molecule has 0 aliphatic carbocycles. The minimum atomic E-state index is -0.997. The van der Waals surface area contributed by atoms with Crippen LogP contribution in [0.3, 0.4) is 0 Å². The van der Waals surface area contributed by atoms with Crippen molar-refractivity contribution in [3.63, 3.8) is 0 Å². The minimum Gasteiger partial charge on any atom is -0.478 e. The molecule has 2 aromatic heterocycles. The zero-order valence-corrected chi connectivity index (χ0v) is 12.1. The molecule has 3 rings (SSSR count). The molecule has 3 aromatic rings. The van der Waals surface area contributed by atoms with Crippen molar-refractivity contribution in [3.8, 4) is 11.4 Å². The average molecular weight is 281 g/mol. The second kappa shape index (κ2) is 4.70. The van der Waals surface area contributed by atoms with E-state index in [4.69, 9.17) is 5.11 Å². The van der Waals surface area contributed by atoms with E-state index in [0.29, 0.717) is 11.2 Å². The van der Waals surface area contributed by atoms with Crippen molar-refractivity contribution in [2.24, 2.45) is 0 Å². The fraction of sp³-hybridized carbons (Fsp3) is 0.188. The lowest BCUT2D eigenvalue weighted by Crippen LogP contribution is -1.96. The summed E-state index contributed by atoms with van der Waals surface area (Å²) >= 11 is 0. The van der Waals surface area contributed by atoms with E-state index in [1.165, 1.54) is 11.8 Å². The maximum absolute atomic E-state index is 11.0. The smallest absolute Gasteiger partial charge is 0.337 e. The SMILES string of the molecule is Cc1cc(C)c(-c2nc3ncc(C(=O)O)cc3[nH]2)c(C)c1. The molecule has 2 N–H and O–H groups in total. The van der Waals surface area contributed by atoms with Crippen molar-refractivity contribution in [1.29, 1.82) is 0 Å². The topological polar surface area (TPSA) is 78.9 Å². The number of aromatic amines is 1. The number of aromatic carboxylic acids is 1. The van der Waals surface area contributed by atoms with Gasteiger partial charge < -0.3 is 10.1 Å². The van der Waals surface area contributed by atoms with Gasteiger partial charge in [0.05, 0.1) is 11.1 Å². The predicted octanol–water partition coefficient (Wildman–Crippen LogP) is 3.25. The number of hydrogen-bond donors (Lipinski definition) is 2. The molecule has 0 saturated carbocycles. The van der Waals surface area contributed by atoms with E-state index >= 15 is 0 Å². The molecule has 0 radical (unpaired) electrons. The van der Waals surface area contributed by atoms with Crippen LogP contribution < -0.4 is 0 Å². The number of aromatic nitrogens is 3. The molecule has 1 aromatic carbocycles. The first-order chi connectivity index (χ1) is 9.95. The van der Waals surface area contributed by atoms with Crippen molar-refractivity contribution in [2.75, 3.05) is 0 Å². The number of benzene rings is 1. The van der Waals surface area contributed by atoms with Gasteiger partial charge in [-0.25, -0.2) is 14.8 Å². The zero-order chi connectivity index (χ0) is 15.1. The highest BCUT2D eigenvalue weighted by Gasteiger charge is 2.13. The molecule has 0 aliphatic heterocycles. The third-order valence-electron chi connectivity index (χ3n) is 3.50. The van der Waals surface area contributed by atoms with E-state index in [-0.39, 0.29) is 5.56 Å². The lowest BCUT2D eigenvalue weighted by Gasteiger charge is -2.08. The van der Waals surface area contributed by atoms with E-state index in [1.807, 2.05) is 13.8 Å². The van der Waals surface area contributed by atoms with Crippen LogP contribution in [0.4, 0.5) is 0 Å². The number of nitrogens with one attached hydrogen (secondary N) is 1. The number of aryl methyl sites for hydroxylation is 3. The fourth-order valence-electron chi connectivity index (χ4n) is 2.69. The van der Waals surface area contributed by atoms with Crippen LogP contribution >= 0.6 is 0 Å². The lowest BCUT2D eigenvalue weighted by atomic mass is 9.99. The quantitative estimate of drug-likeness (QED) is 0.755. The lowest BCUT2D eigenvalue weighted by molar-refractivity contribution is 0.0696. The summed E-state index contributed by atoms with van der Waals surface area (Å²) in [6, 6.07) is 5.76. The van der Waals surface area contributed by atoms with Crippen LogP contribution in [0.5, 0.6) is 0 Å². The molecule has 2 heterocycles. The molecule has 0 amide bonds. The van der Waals surface area contributed by atoms with Gasteiger partial charge in [0, 0.05) is 11.8 Å². The molecule has 106 valence electrons. The highest BCUT2D eigenvalue weighted by atomic mass is 16.4. The predicted molar refractivity (Wildman–Crippen MR) is 80.5 cm³/mol. The van der Waals surface area contributed by atoms with Crippen LogP contribution in [0.1, 0.15) is 27.0 Å². The van der Waals surface area contributed by atoms with Gasteiger partial charge in [-0.3, -0.25) is 0 Å². The van der Waals surface area contributed by atoms with Crippen LogP contribution in [0.25, 0.3) is 22.6 Å². The first kappa shape index (κ1) is 13.3. The Morgan fingerprint density at radius 2 is 1.81 bits per heavy atom. The van der Waals surface area contributed by atoms with Crippen LogP contribution in [0.2, 0.25) is 0 Å². The molecule has 0 bridgehead atoms. The summed E-state index contributed by atoms with van der Waals surface area (Å²) in [5.41, 5.74) is 5.80. The Bertz CT molecular complexity index is 842. The summed E-state index contributed by atoms with van der Waals surface area (Å²) in [7, 11) is 0. The monoisotopic (exact) mass is 281 g/mol. The van der Waals surface area contributed by atoms with E-state index in [0.717, 1.165) is 22.5 Å². The molecule has 0 unspecified atom stereocenters. The number of pyridine rings is 1. The Balaban J connectivity index is 2.20. The summed E-state index contributed by atoms with van der Waals surface area (Å²) in [6.07, 6.45) is 1.32. The zero-order valence-electron chi connectivity index (χ0n) is 12.1. The number of rotatable bonds is 2. The van der Waals surface area contributed by atoms with Gasteiger partial charge in [-0.05, 0) is 38.0 Å². The standard InChI is InChI=1S/C16H15N3O2/c1-8-4-9(2)13(10(3)5-8)15-18-12-6-11(16(20)21)7-17-14(12)19-15/h4-7H,1-3H3,(H,20,21)(H,17,18,19). The maximum Gasteiger partial charge on any atom is 0.337 e. The Morgan fingerprint density at radius 1 is 1.14 bits per heavy atom. The maximum atomic E-state index is 11.0. The summed E-state index contributed by atoms with van der Waals surface area (Å²) in [5.74, 6) is -0.279. The van der Waals surface area contributed by atoms with Gasteiger partial charge in [-0.2, -0.15) is 0 Å². The van der Waals surface area contributed by atoms with Crippen LogP contribution in [-0.4, -0.2) is 26.0 Å². The Hall–Kier alpha value is -2.69. The summed E-state index contributed by atoms with van der Waals surface area (Å²) < 4.78 is 0. The Kier molecular flexibility index (Phi) is 2.97. The third-order valence-corrected chi connectivity index (χ3v) is 3.50. The van der Waals surface area contributed by atoms with Gasteiger partial charge >= 0.3 is 5.97 Å². The normalized spacial score (nSPS) is 11.0. The number of carbonyl (C=O) groups is 1.